The Hall–Kier alpha value is -2.55. The first-order valence-corrected chi connectivity index (χ1v) is 7.03. The van der Waals surface area contributed by atoms with E-state index in [1.165, 1.54) is 7.05 Å². The maximum absolute atomic E-state index is 13.6. The molecule has 0 fully saturated rings. The predicted octanol–water partition coefficient (Wildman–Crippen LogP) is 3.45. The monoisotopic (exact) mass is 320 g/mol. The molecule has 0 saturated carbocycles. The van der Waals surface area contributed by atoms with Crippen molar-refractivity contribution in [2.75, 3.05) is 7.05 Å². The molecule has 4 nitrogen and oxygen atoms in total. The molecule has 0 bridgehead atoms. The molecule has 6 heteroatoms. The van der Waals surface area contributed by atoms with Gasteiger partial charge >= 0.3 is 0 Å². The van der Waals surface area contributed by atoms with Gasteiger partial charge in [0.25, 0.3) is 5.91 Å². The number of amides is 1. The highest BCUT2D eigenvalue weighted by atomic mass is 19.1. The summed E-state index contributed by atoms with van der Waals surface area (Å²) in [5.41, 5.74) is -1.75. The second-order valence-electron chi connectivity index (χ2n) is 5.73. The van der Waals surface area contributed by atoms with E-state index in [1.807, 2.05) is 0 Å². The van der Waals surface area contributed by atoms with Crippen LogP contribution in [0.4, 0.5) is 8.78 Å². The van der Waals surface area contributed by atoms with Crippen molar-refractivity contribution in [3.8, 4) is 6.07 Å². The number of ketones is 1. The zero-order chi connectivity index (χ0) is 17.8. The summed E-state index contributed by atoms with van der Waals surface area (Å²) in [6, 6.07) is 4.81. The van der Waals surface area contributed by atoms with Crippen LogP contribution in [0.25, 0.3) is 0 Å². The SMILES string of the molecule is CCC(C)(C)C(=O)/C(C#N)=C\N(C)C(=O)c1c(F)cccc1F. The Labute approximate surface area is 134 Å². The highest BCUT2D eigenvalue weighted by molar-refractivity contribution is 6.03. The molecule has 0 atom stereocenters. The number of hydrogen-bond acceptors (Lipinski definition) is 3. The minimum atomic E-state index is -1.01. The highest BCUT2D eigenvalue weighted by Crippen LogP contribution is 2.25. The first kappa shape index (κ1) is 18.5. The van der Waals surface area contributed by atoms with Crippen molar-refractivity contribution in [2.45, 2.75) is 27.2 Å². The fourth-order valence-corrected chi connectivity index (χ4v) is 1.79. The number of rotatable bonds is 5. The Kier molecular flexibility index (Phi) is 5.74. The number of carbonyl (C=O) groups excluding carboxylic acids is 2. The van der Waals surface area contributed by atoms with Gasteiger partial charge in [-0.2, -0.15) is 5.26 Å². The van der Waals surface area contributed by atoms with Crippen molar-refractivity contribution in [3.05, 3.63) is 47.2 Å². The lowest BCUT2D eigenvalue weighted by Gasteiger charge is -2.21. The van der Waals surface area contributed by atoms with E-state index in [1.54, 1.807) is 26.8 Å². The molecule has 1 amide bonds. The quantitative estimate of drug-likeness (QED) is 0.616. The summed E-state index contributed by atoms with van der Waals surface area (Å²) < 4.78 is 27.3. The molecule has 1 aromatic carbocycles. The summed E-state index contributed by atoms with van der Waals surface area (Å²) in [4.78, 5) is 25.3. The van der Waals surface area contributed by atoms with Gasteiger partial charge in [0, 0.05) is 18.7 Å². The summed E-state index contributed by atoms with van der Waals surface area (Å²) in [6.07, 6.45) is 1.51. The second kappa shape index (κ2) is 7.14. The molecular formula is C17H18F2N2O2. The Bertz CT molecular complexity index is 683. The van der Waals surface area contributed by atoms with Gasteiger partial charge in [0.1, 0.15) is 28.8 Å². The molecule has 0 unspecified atom stereocenters. The van der Waals surface area contributed by atoms with Gasteiger partial charge in [-0.3, -0.25) is 9.59 Å². The molecule has 122 valence electrons. The smallest absolute Gasteiger partial charge is 0.263 e. The molecule has 0 N–H and O–H groups in total. The molecule has 0 aliphatic carbocycles. The standard InChI is InChI=1S/C17H18F2N2O2/c1-5-17(2,3)15(22)11(9-20)10-21(4)16(23)14-12(18)7-6-8-13(14)19/h6-8,10H,5H2,1-4H3/b11-10-. The average Bonchev–Trinajstić information content (AvgIpc) is 2.51. The first-order valence-electron chi connectivity index (χ1n) is 7.03. The third-order valence-electron chi connectivity index (χ3n) is 3.68. The van der Waals surface area contributed by atoms with Crippen LogP contribution in [0.5, 0.6) is 0 Å². The Morgan fingerprint density at radius 2 is 1.83 bits per heavy atom. The molecule has 0 spiro atoms. The lowest BCUT2D eigenvalue weighted by Crippen LogP contribution is -2.28. The van der Waals surface area contributed by atoms with E-state index in [-0.39, 0.29) is 5.57 Å². The van der Waals surface area contributed by atoms with Crippen LogP contribution in [0.2, 0.25) is 0 Å². The summed E-state index contributed by atoms with van der Waals surface area (Å²) in [5, 5.41) is 9.14. The van der Waals surface area contributed by atoms with Crippen LogP contribution in [0.3, 0.4) is 0 Å². The molecule has 0 heterocycles. The predicted molar refractivity (Wildman–Crippen MR) is 81.2 cm³/mol. The number of carbonyl (C=O) groups is 2. The fourth-order valence-electron chi connectivity index (χ4n) is 1.79. The molecule has 23 heavy (non-hydrogen) atoms. The number of halogens is 2. The van der Waals surface area contributed by atoms with Gasteiger partial charge in [0.2, 0.25) is 0 Å². The van der Waals surface area contributed by atoms with E-state index in [9.17, 15) is 18.4 Å². The zero-order valence-corrected chi connectivity index (χ0v) is 13.5. The third kappa shape index (κ3) is 4.01. The number of nitrogens with zero attached hydrogens (tertiary/aromatic N) is 2. The lowest BCUT2D eigenvalue weighted by molar-refractivity contribution is -0.123. The van der Waals surface area contributed by atoms with Gasteiger partial charge in [-0.25, -0.2) is 8.78 Å². The molecule has 0 aliphatic heterocycles. The minimum absolute atomic E-state index is 0.246. The number of Topliss-reactive ketones (excluding diaryl/α,β-unsaturated/α-hetero) is 1. The van der Waals surface area contributed by atoms with Crippen LogP contribution in [-0.4, -0.2) is 23.6 Å². The van der Waals surface area contributed by atoms with Gasteiger partial charge in [-0.1, -0.05) is 26.8 Å². The van der Waals surface area contributed by atoms with Crippen molar-refractivity contribution < 1.29 is 18.4 Å². The maximum atomic E-state index is 13.6. The molecule has 1 aromatic rings. The van der Waals surface area contributed by atoms with Crippen molar-refractivity contribution in [3.63, 3.8) is 0 Å². The Morgan fingerprint density at radius 1 is 1.30 bits per heavy atom. The molecule has 1 rings (SSSR count). The largest absolute Gasteiger partial charge is 0.316 e. The van der Waals surface area contributed by atoms with Crippen LogP contribution in [0.1, 0.15) is 37.6 Å². The van der Waals surface area contributed by atoms with Crippen molar-refractivity contribution in [1.82, 2.24) is 4.90 Å². The van der Waals surface area contributed by atoms with Gasteiger partial charge in [0.05, 0.1) is 0 Å². The van der Waals surface area contributed by atoms with Crippen molar-refractivity contribution >= 4 is 11.7 Å². The van der Waals surface area contributed by atoms with Crippen LogP contribution >= 0.6 is 0 Å². The topological polar surface area (TPSA) is 61.2 Å². The average molecular weight is 320 g/mol. The van der Waals surface area contributed by atoms with E-state index < -0.39 is 34.3 Å². The van der Waals surface area contributed by atoms with Gasteiger partial charge in [0.15, 0.2) is 5.78 Å². The van der Waals surface area contributed by atoms with E-state index in [2.05, 4.69) is 0 Å². The maximum Gasteiger partial charge on any atom is 0.263 e. The number of benzene rings is 1. The Morgan fingerprint density at radius 3 is 2.26 bits per heavy atom. The van der Waals surface area contributed by atoms with Gasteiger partial charge in [-0.05, 0) is 18.6 Å². The number of allylic oxidation sites excluding steroid dienone is 1. The number of hydrogen-bond donors (Lipinski definition) is 0. The van der Waals surface area contributed by atoms with Gasteiger partial charge in [-0.15, -0.1) is 0 Å². The second-order valence-corrected chi connectivity index (χ2v) is 5.73. The summed E-state index contributed by atoms with van der Waals surface area (Å²) in [6.45, 7) is 5.16. The Balaban J connectivity index is 3.18. The zero-order valence-electron chi connectivity index (χ0n) is 13.5. The summed E-state index contributed by atoms with van der Waals surface area (Å²) >= 11 is 0. The lowest BCUT2D eigenvalue weighted by atomic mass is 9.82. The van der Waals surface area contributed by atoms with Crippen LogP contribution < -0.4 is 0 Å². The molecule has 0 aromatic heterocycles. The van der Waals surface area contributed by atoms with E-state index in [0.717, 1.165) is 29.3 Å². The van der Waals surface area contributed by atoms with Crippen LogP contribution in [0.15, 0.2) is 30.0 Å². The van der Waals surface area contributed by atoms with Crippen LogP contribution in [-0.2, 0) is 4.79 Å². The molecule has 0 aliphatic rings. The highest BCUT2D eigenvalue weighted by Gasteiger charge is 2.29. The van der Waals surface area contributed by atoms with Crippen molar-refractivity contribution in [1.29, 1.82) is 5.26 Å². The normalized spacial score (nSPS) is 11.8. The van der Waals surface area contributed by atoms with E-state index in [0.29, 0.717) is 6.42 Å². The summed E-state index contributed by atoms with van der Waals surface area (Å²) in [5.74, 6) is -3.42. The molecule has 0 saturated heterocycles. The fraction of sp³-hybridized carbons (Fsp3) is 0.353. The third-order valence-corrected chi connectivity index (χ3v) is 3.68. The number of nitriles is 1. The molecular weight excluding hydrogens is 302 g/mol. The van der Waals surface area contributed by atoms with E-state index >= 15 is 0 Å². The summed E-state index contributed by atoms with van der Waals surface area (Å²) in [7, 11) is 1.23. The van der Waals surface area contributed by atoms with Gasteiger partial charge < -0.3 is 4.90 Å². The van der Waals surface area contributed by atoms with Crippen LogP contribution in [0, 0.1) is 28.4 Å². The van der Waals surface area contributed by atoms with Crippen molar-refractivity contribution in [2.24, 2.45) is 5.41 Å². The molecule has 0 radical (unpaired) electrons. The van der Waals surface area contributed by atoms with E-state index in [4.69, 9.17) is 5.26 Å². The minimum Gasteiger partial charge on any atom is -0.316 e. The first-order chi connectivity index (χ1) is 10.7.